The van der Waals surface area contributed by atoms with Crippen molar-refractivity contribution in [3.63, 3.8) is 0 Å². The summed E-state index contributed by atoms with van der Waals surface area (Å²) in [5, 5.41) is 2.87. The second-order valence-corrected chi connectivity index (χ2v) is 6.77. The van der Waals surface area contributed by atoms with Gasteiger partial charge in [0.1, 0.15) is 6.42 Å². The van der Waals surface area contributed by atoms with Crippen LogP contribution in [0.2, 0.25) is 0 Å². The molecule has 4 amide bonds. The number of hydrogen-bond acceptors (Lipinski definition) is 6. The van der Waals surface area contributed by atoms with Gasteiger partial charge in [-0.05, 0) is 26.7 Å². The first-order valence-electron chi connectivity index (χ1n) is 9.85. The minimum atomic E-state index is -0.374. The van der Waals surface area contributed by atoms with E-state index in [2.05, 4.69) is 5.32 Å². The Morgan fingerprint density at radius 2 is 1.25 bits per heavy atom. The van der Waals surface area contributed by atoms with E-state index in [0.29, 0.717) is 65.3 Å². The molecule has 10 heteroatoms. The maximum Gasteiger partial charge on any atom is 0.409 e. The number of nitrogens with zero attached hydrogens (tertiary/aromatic N) is 3. The predicted molar refractivity (Wildman–Crippen MR) is 99.6 cm³/mol. The van der Waals surface area contributed by atoms with Gasteiger partial charge >= 0.3 is 12.2 Å². The van der Waals surface area contributed by atoms with Crippen molar-refractivity contribution in [3.05, 3.63) is 0 Å². The highest BCUT2D eigenvalue weighted by atomic mass is 16.6. The van der Waals surface area contributed by atoms with E-state index in [1.807, 2.05) is 0 Å². The van der Waals surface area contributed by atoms with Crippen molar-refractivity contribution in [2.75, 3.05) is 52.5 Å². The van der Waals surface area contributed by atoms with E-state index in [9.17, 15) is 19.2 Å². The quantitative estimate of drug-likeness (QED) is 0.672. The van der Waals surface area contributed by atoms with E-state index in [-0.39, 0.29) is 36.5 Å². The molecular weight excluding hydrogens is 368 g/mol. The zero-order valence-electron chi connectivity index (χ0n) is 16.6. The van der Waals surface area contributed by atoms with Gasteiger partial charge in [-0.15, -0.1) is 0 Å². The first-order valence-corrected chi connectivity index (χ1v) is 9.85. The maximum absolute atomic E-state index is 12.3. The summed E-state index contributed by atoms with van der Waals surface area (Å²) in [7, 11) is 0. The standard InChI is InChI=1S/C18H30N4O6/c1-3-27-17(25)21-7-5-14(6-8-21)19-15(23)13-16(24)20-9-11-22(12-10-20)18(26)28-4-2/h14H,3-13H2,1-2H3,(H,19,23). The number of nitrogens with one attached hydrogen (secondary N) is 1. The molecular formula is C18H30N4O6. The zero-order chi connectivity index (χ0) is 20.5. The van der Waals surface area contributed by atoms with E-state index in [4.69, 9.17) is 9.47 Å². The monoisotopic (exact) mass is 398 g/mol. The number of hydrogen-bond donors (Lipinski definition) is 1. The molecule has 0 atom stereocenters. The van der Waals surface area contributed by atoms with Crippen molar-refractivity contribution in [1.82, 2.24) is 20.0 Å². The topological polar surface area (TPSA) is 108 Å². The summed E-state index contributed by atoms with van der Waals surface area (Å²) < 4.78 is 9.92. The van der Waals surface area contributed by atoms with Crippen molar-refractivity contribution in [1.29, 1.82) is 0 Å². The lowest BCUT2D eigenvalue weighted by Crippen LogP contribution is -2.52. The fourth-order valence-corrected chi connectivity index (χ4v) is 3.30. The average Bonchev–Trinajstić information content (AvgIpc) is 2.69. The molecule has 2 fully saturated rings. The lowest BCUT2D eigenvalue weighted by atomic mass is 10.1. The highest BCUT2D eigenvalue weighted by molar-refractivity contribution is 5.97. The first kappa shape index (κ1) is 21.8. The van der Waals surface area contributed by atoms with Crippen LogP contribution in [0, 0.1) is 0 Å². The van der Waals surface area contributed by atoms with Gasteiger partial charge in [-0.3, -0.25) is 9.59 Å². The lowest BCUT2D eigenvalue weighted by Gasteiger charge is -2.34. The Hall–Kier alpha value is -2.52. The number of piperidine rings is 1. The predicted octanol–water partition coefficient (Wildman–Crippen LogP) is 0.414. The normalized spacial score (nSPS) is 17.9. The molecule has 28 heavy (non-hydrogen) atoms. The molecule has 0 aromatic heterocycles. The van der Waals surface area contributed by atoms with Gasteiger partial charge in [-0.1, -0.05) is 0 Å². The third-order valence-corrected chi connectivity index (χ3v) is 4.86. The van der Waals surface area contributed by atoms with E-state index in [1.165, 1.54) is 0 Å². The highest BCUT2D eigenvalue weighted by Gasteiger charge is 2.28. The van der Waals surface area contributed by atoms with Crippen LogP contribution in [0.4, 0.5) is 9.59 Å². The van der Waals surface area contributed by atoms with Crippen LogP contribution in [0.25, 0.3) is 0 Å². The maximum atomic E-state index is 12.3. The van der Waals surface area contributed by atoms with Crippen molar-refractivity contribution in [3.8, 4) is 0 Å². The Bertz CT molecular complexity index is 568. The third kappa shape index (κ3) is 6.28. The van der Waals surface area contributed by atoms with E-state index < -0.39 is 0 Å². The second kappa shape index (κ2) is 10.7. The van der Waals surface area contributed by atoms with Crippen LogP contribution in [0.3, 0.4) is 0 Å². The highest BCUT2D eigenvalue weighted by Crippen LogP contribution is 2.12. The van der Waals surface area contributed by atoms with Gasteiger partial charge in [-0.2, -0.15) is 0 Å². The fraction of sp³-hybridized carbons (Fsp3) is 0.778. The first-order chi connectivity index (χ1) is 13.4. The van der Waals surface area contributed by atoms with Crippen molar-refractivity contribution < 1.29 is 28.7 Å². The number of carbonyl (C=O) groups excluding carboxylic acids is 4. The summed E-state index contributed by atoms with van der Waals surface area (Å²) in [6, 6.07) is -0.0494. The van der Waals surface area contributed by atoms with E-state index in [1.54, 1.807) is 28.5 Å². The molecule has 2 saturated heterocycles. The largest absolute Gasteiger partial charge is 0.450 e. The molecule has 10 nitrogen and oxygen atoms in total. The number of amides is 4. The number of likely N-dealkylation sites (tertiary alicyclic amines) is 1. The fourth-order valence-electron chi connectivity index (χ4n) is 3.30. The molecule has 0 saturated carbocycles. The molecule has 0 aromatic carbocycles. The molecule has 0 unspecified atom stereocenters. The molecule has 0 aliphatic carbocycles. The molecule has 2 heterocycles. The number of rotatable bonds is 5. The Kier molecular flexibility index (Phi) is 8.34. The number of ether oxygens (including phenoxy) is 2. The molecule has 2 aliphatic rings. The van der Waals surface area contributed by atoms with E-state index in [0.717, 1.165) is 0 Å². The number of piperazine rings is 1. The molecule has 1 N–H and O–H groups in total. The Morgan fingerprint density at radius 1 is 0.786 bits per heavy atom. The van der Waals surface area contributed by atoms with Crippen LogP contribution in [0.15, 0.2) is 0 Å². The van der Waals surface area contributed by atoms with Gasteiger partial charge in [0.2, 0.25) is 11.8 Å². The van der Waals surface area contributed by atoms with Crippen molar-refractivity contribution in [2.24, 2.45) is 0 Å². The van der Waals surface area contributed by atoms with Crippen LogP contribution in [-0.2, 0) is 19.1 Å². The summed E-state index contributed by atoms with van der Waals surface area (Å²) in [6.07, 6.45) is 0.358. The molecule has 158 valence electrons. The van der Waals surface area contributed by atoms with Crippen LogP contribution < -0.4 is 5.32 Å². The van der Waals surface area contributed by atoms with Crippen LogP contribution in [0.5, 0.6) is 0 Å². The minimum absolute atomic E-state index is 0.0494. The van der Waals surface area contributed by atoms with Gasteiger partial charge in [0.25, 0.3) is 0 Å². The van der Waals surface area contributed by atoms with Gasteiger partial charge in [0.05, 0.1) is 13.2 Å². The Labute approximate surface area is 165 Å². The summed E-state index contributed by atoms with van der Waals surface area (Å²) in [4.78, 5) is 52.7. The van der Waals surface area contributed by atoms with Gasteiger partial charge in [-0.25, -0.2) is 9.59 Å². The van der Waals surface area contributed by atoms with Gasteiger partial charge < -0.3 is 29.5 Å². The molecule has 0 bridgehead atoms. The van der Waals surface area contributed by atoms with Crippen molar-refractivity contribution in [2.45, 2.75) is 39.2 Å². The molecule has 0 radical (unpaired) electrons. The smallest absolute Gasteiger partial charge is 0.409 e. The summed E-state index contributed by atoms with van der Waals surface area (Å²) in [5.41, 5.74) is 0. The Balaban J connectivity index is 1.67. The van der Waals surface area contributed by atoms with Gasteiger partial charge in [0.15, 0.2) is 0 Å². The average molecular weight is 398 g/mol. The van der Waals surface area contributed by atoms with E-state index >= 15 is 0 Å². The van der Waals surface area contributed by atoms with Crippen molar-refractivity contribution >= 4 is 24.0 Å². The SMILES string of the molecule is CCOC(=O)N1CCC(NC(=O)CC(=O)N2CCN(C(=O)OCC)CC2)CC1. The Morgan fingerprint density at radius 3 is 1.75 bits per heavy atom. The lowest BCUT2D eigenvalue weighted by molar-refractivity contribution is -0.137. The summed E-state index contributed by atoms with van der Waals surface area (Å²) >= 11 is 0. The second-order valence-electron chi connectivity index (χ2n) is 6.77. The molecule has 0 aromatic rings. The third-order valence-electron chi connectivity index (χ3n) is 4.86. The number of carbonyl (C=O) groups is 4. The molecule has 2 aliphatic heterocycles. The minimum Gasteiger partial charge on any atom is -0.450 e. The van der Waals surface area contributed by atoms with Crippen LogP contribution in [0.1, 0.15) is 33.1 Å². The molecule has 0 spiro atoms. The van der Waals surface area contributed by atoms with Gasteiger partial charge in [0, 0.05) is 45.3 Å². The van der Waals surface area contributed by atoms with Crippen LogP contribution >= 0.6 is 0 Å². The zero-order valence-corrected chi connectivity index (χ0v) is 16.6. The summed E-state index contributed by atoms with van der Waals surface area (Å²) in [6.45, 7) is 6.79. The van der Waals surface area contributed by atoms with Crippen LogP contribution in [-0.4, -0.2) is 97.2 Å². The summed E-state index contributed by atoms with van der Waals surface area (Å²) in [5.74, 6) is -0.558. The molecule has 2 rings (SSSR count).